The maximum atomic E-state index is 13.3. The number of allylic oxidation sites excluding steroid dienone is 2. The first kappa shape index (κ1) is 22.2. The van der Waals surface area contributed by atoms with Crippen molar-refractivity contribution < 1.29 is 27.5 Å². The Morgan fingerprint density at radius 1 is 1.09 bits per heavy atom. The summed E-state index contributed by atoms with van der Waals surface area (Å²) in [5.41, 5.74) is 7.07. The summed E-state index contributed by atoms with van der Waals surface area (Å²) in [5, 5.41) is -0.514. The van der Waals surface area contributed by atoms with E-state index in [-0.39, 0.29) is 23.1 Å². The van der Waals surface area contributed by atoms with Gasteiger partial charge in [-0.05, 0) is 16.7 Å². The van der Waals surface area contributed by atoms with Gasteiger partial charge in [0, 0.05) is 11.8 Å². The minimum Gasteiger partial charge on any atom is -0.448 e. The van der Waals surface area contributed by atoms with Crippen LogP contribution in [0.25, 0.3) is 0 Å². The Bertz CT molecular complexity index is 1030. The van der Waals surface area contributed by atoms with Gasteiger partial charge >= 0.3 is 12.1 Å². The van der Waals surface area contributed by atoms with Crippen LogP contribution in [0.15, 0.2) is 84.1 Å². The van der Waals surface area contributed by atoms with Crippen LogP contribution < -0.4 is 5.73 Å². The molecule has 9 heteroatoms. The maximum absolute atomic E-state index is 13.3. The molecular weight excluding hydrogens is 441 g/mol. The molecule has 0 aliphatic carbocycles. The van der Waals surface area contributed by atoms with Crippen LogP contribution in [0.1, 0.15) is 17.2 Å². The monoisotopic (exact) mass is 460 g/mol. The van der Waals surface area contributed by atoms with Gasteiger partial charge in [-0.15, -0.1) is 11.8 Å². The van der Waals surface area contributed by atoms with Gasteiger partial charge in [-0.3, -0.25) is 9.69 Å². The van der Waals surface area contributed by atoms with Gasteiger partial charge in [0.15, 0.2) is 6.10 Å². The predicted octanol–water partition coefficient (Wildman–Crippen LogP) is 3.93. The summed E-state index contributed by atoms with van der Waals surface area (Å²) in [6, 6.07) is 17.1. The van der Waals surface area contributed by atoms with Crippen LogP contribution in [0.3, 0.4) is 0 Å². The summed E-state index contributed by atoms with van der Waals surface area (Å²) in [5.74, 6) is -1.31. The van der Waals surface area contributed by atoms with Crippen LogP contribution >= 0.6 is 11.8 Å². The number of nitrogens with two attached hydrogens (primary N) is 1. The van der Waals surface area contributed by atoms with E-state index in [0.717, 1.165) is 11.0 Å². The Kier molecular flexibility index (Phi) is 6.12. The van der Waals surface area contributed by atoms with Gasteiger partial charge in [0.05, 0.1) is 0 Å². The van der Waals surface area contributed by atoms with Gasteiger partial charge in [-0.2, -0.15) is 13.2 Å². The van der Waals surface area contributed by atoms with Gasteiger partial charge in [-0.1, -0.05) is 66.7 Å². The number of carbonyl (C=O) groups excluding carboxylic acids is 2. The van der Waals surface area contributed by atoms with E-state index in [0.29, 0.717) is 11.1 Å². The molecule has 0 aromatic heterocycles. The molecular formula is C23H19F3N2O3S. The molecule has 0 saturated carbocycles. The summed E-state index contributed by atoms with van der Waals surface area (Å²) in [7, 11) is 0. The van der Waals surface area contributed by atoms with Crippen molar-refractivity contribution in [3.05, 3.63) is 95.2 Å². The summed E-state index contributed by atoms with van der Waals surface area (Å²) < 4.78 is 44.2. The lowest BCUT2D eigenvalue weighted by atomic mass is 10.0. The molecule has 1 fully saturated rings. The minimum atomic E-state index is -4.56. The molecule has 0 spiro atoms. The number of benzene rings is 2. The van der Waals surface area contributed by atoms with Crippen molar-refractivity contribution in [3.8, 4) is 0 Å². The average molecular weight is 460 g/mol. The zero-order valence-corrected chi connectivity index (χ0v) is 17.5. The topological polar surface area (TPSA) is 72.6 Å². The minimum absolute atomic E-state index is 0.0482. The first-order valence-electron chi connectivity index (χ1n) is 9.76. The molecule has 5 nitrogen and oxygen atoms in total. The fourth-order valence-corrected chi connectivity index (χ4v) is 4.86. The summed E-state index contributed by atoms with van der Waals surface area (Å²) in [6.45, 7) is 0. The SMILES string of the molecule is N[C@@H]1C(=O)N2C(C(=O)OC(c3ccccc3)c3ccccc3)=C(/C=C/C(F)(F)F)CS[C@H]12. The van der Waals surface area contributed by atoms with Crippen LogP contribution in [-0.2, 0) is 14.3 Å². The highest BCUT2D eigenvalue weighted by Crippen LogP contribution is 2.41. The van der Waals surface area contributed by atoms with Crippen LogP contribution in [0.4, 0.5) is 13.2 Å². The third-order valence-corrected chi connectivity index (χ3v) is 6.46. The fourth-order valence-electron chi connectivity index (χ4n) is 3.60. The van der Waals surface area contributed by atoms with Gasteiger partial charge in [0.2, 0.25) is 5.91 Å². The molecule has 0 unspecified atom stereocenters. The number of nitrogens with zero attached hydrogens (tertiary/aromatic N) is 1. The van der Waals surface area contributed by atoms with E-state index in [9.17, 15) is 22.8 Å². The van der Waals surface area contributed by atoms with E-state index < -0.39 is 35.6 Å². The van der Waals surface area contributed by atoms with Crippen molar-refractivity contribution >= 4 is 23.6 Å². The van der Waals surface area contributed by atoms with E-state index in [1.165, 1.54) is 11.8 Å². The van der Waals surface area contributed by atoms with Gasteiger partial charge < -0.3 is 10.5 Å². The molecule has 2 aliphatic rings. The fraction of sp³-hybridized carbons (Fsp3) is 0.217. The van der Waals surface area contributed by atoms with Crippen molar-refractivity contribution in [2.24, 2.45) is 5.73 Å². The Labute approximate surface area is 186 Å². The quantitative estimate of drug-likeness (QED) is 0.541. The highest BCUT2D eigenvalue weighted by Gasteiger charge is 2.52. The average Bonchev–Trinajstić information content (AvgIpc) is 2.80. The molecule has 2 aromatic rings. The molecule has 0 radical (unpaired) electrons. The number of hydrogen-bond acceptors (Lipinski definition) is 5. The van der Waals surface area contributed by atoms with Crippen molar-refractivity contribution in [1.82, 2.24) is 4.90 Å². The summed E-state index contributed by atoms with van der Waals surface area (Å²) >= 11 is 1.21. The molecule has 2 N–H and O–H groups in total. The number of thioether (sulfide) groups is 1. The highest BCUT2D eigenvalue weighted by molar-refractivity contribution is 8.00. The van der Waals surface area contributed by atoms with E-state index in [1.807, 2.05) is 12.1 Å². The molecule has 1 saturated heterocycles. The number of fused-ring (bicyclic) bond motifs is 1. The summed E-state index contributed by atoms with van der Waals surface area (Å²) in [4.78, 5) is 26.8. The van der Waals surface area contributed by atoms with Crippen LogP contribution in [-0.4, -0.2) is 40.1 Å². The summed E-state index contributed by atoms with van der Waals surface area (Å²) in [6.07, 6.45) is -4.50. The van der Waals surface area contributed by atoms with Gasteiger partial charge in [0.25, 0.3) is 0 Å². The molecule has 2 atom stereocenters. The third kappa shape index (κ3) is 4.44. The number of alkyl halides is 3. The van der Waals surface area contributed by atoms with E-state index in [4.69, 9.17) is 10.5 Å². The second-order valence-corrected chi connectivity index (χ2v) is 8.40. The van der Waals surface area contributed by atoms with Gasteiger partial charge in [-0.25, -0.2) is 4.79 Å². The number of carbonyl (C=O) groups is 2. The Hall–Kier alpha value is -3.04. The number of halogens is 3. The zero-order valence-electron chi connectivity index (χ0n) is 16.7. The van der Waals surface area contributed by atoms with Crippen LogP contribution in [0, 0.1) is 0 Å². The van der Waals surface area contributed by atoms with E-state index in [1.54, 1.807) is 48.5 Å². The van der Waals surface area contributed by atoms with E-state index in [2.05, 4.69) is 0 Å². The Balaban J connectivity index is 1.72. The molecule has 2 aromatic carbocycles. The molecule has 166 valence electrons. The third-order valence-electron chi connectivity index (χ3n) is 5.14. The first-order valence-corrected chi connectivity index (χ1v) is 10.8. The Morgan fingerprint density at radius 3 is 2.19 bits per heavy atom. The van der Waals surface area contributed by atoms with Gasteiger partial charge in [0.1, 0.15) is 17.1 Å². The largest absolute Gasteiger partial charge is 0.448 e. The number of rotatable bonds is 5. The molecule has 1 amide bonds. The molecule has 32 heavy (non-hydrogen) atoms. The predicted molar refractivity (Wildman–Crippen MR) is 114 cm³/mol. The van der Waals surface area contributed by atoms with Crippen LogP contribution in [0.2, 0.25) is 0 Å². The van der Waals surface area contributed by atoms with Crippen molar-refractivity contribution in [2.75, 3.05) is 5.75 Å². The first-order chi connectivity index (χ1) is 15.3. The number of β-lactam (4-membered cyclic amide) rings is 1. The second kappa shape index (κ2) is 8.84. The number of ether oxygens (including phenoxy) is 1. The standard InChI is InChI=1S/C23H19F3N2O3S/c24-23(25,26)12-11-16-13-32-21-17(27)20(29)28(21)18(16)22(30)31-19(14-7-3-1-4-8-14)15-9-5-2-6-10-15/h1-12,17,19,21H,13,27H2/b12-11+/t17-,21-/m1/s1. The number of amides is 1. The Morgan fingerprint density at radius 2 is 1.66 bits per heavy atom. The zero-order chi connectivity index (χ0) is 22.9. The van der Waals surface area contributed by atoms with Crippen molar-refractivity contribution in [1.29, 1.82) is 0 Å². The second-order valence-electron chi connectivity index (χ2n) is 7.29. The maximum Gasteiger partial charge on any atom is 0.409 e. The number of hydrogen-bond donors (Lipinski definition) is 1. The normalized spacial score (nSPS) is 21.0. The molecule has 4 rings (SSSR count). The molecule has 0 bridgehead atoms. The smallest absolute Gasteiger partial charge is 0.409 e. The van der Waals surface area contributed by atoms with Crippen molar-refractivity contribution in [3.63, 3.8) is 0 Å². The lowest BCUT2D eigenvalue weighted by Crippen LogP contribution is -2.68. The van der Waals surface area contributed by atoms with E-state index >= 15 is 0 Å². The lowest BCUT2D eigenvalue weighted by Gasteiger charge is -2.48. The highest BCUT2D eigenvalue weighted by atomic mass is 32.2. The van der Waals surface area contributed by atoms with Crippen molar-refractivity contribution in [2.45, 2.75) is 23.7 Å². The molecule has 2 aliphatic heterocycles. The lowest BCUT2D eigenvalue weighted by molar-refractivity contribution is -0.153. The van der Waals surface area contributed by atoms with Crippen LogP contribution in [0.5, 0.6) is 0 Å². The molecule has 2 heterocycles. The number of esters is 1.